The third-order valence-corrected chi connectivity index (χ3v) is 3.16. The number of carbonyl (C=O) groups is 1. The molecule has 0 aliphatic rings. The molecule has 0 radical (unpaired) electrons. The fraction of sp³-hybridized carbons (Fsp3) is 0.533. The van der Waals surface area contributed by atoms with E-state index in [1.54, 1.807) is 17.1 Å². The van der Waals surface area contributed by atoms with Crippen LogP contribution >= 0.6 is 0 Å². The van der Waals surface area contributed by atoms with Crippen LogP contribution in [0.25, 0.3) is 0 Å². The lowest BCUT2D eigenvalue weighted by Crippen LogP contribution is -2.29. The Hall–Kier alpha value is -2.31. The molecule has 2 aromatic rings. The molecule has 2 heterocycles. The Morgan fingerprint density at radius 1 is 1.32 bits per heavy atom. The molecule has 0 bridgehead atoms. The van der Waals surface area contributed by atoms with Crippen molar-refractivity contribution >= 4 is 11.7 Å². The van der Waals surface area contributed by atoms with Crippen molar-refractivity contribution in [2.75, 3.05) is 5.32 Å². The van der Waals surface area contributed by atoms with Gasteiger partial charge in [0.05, 0.1) is 18.4 Å². The molecule has 120 valence electrons. The van der Waals surface area contributed by atoms with Gasteiger partial charge in [-0.2, -0.15) is 5.10 Å². The Balaban J connectivity index is 1.86. The van der Waals surface area contributed by atoms with Gasteiger partial charge in [0.25, 0.3) is 0 Å². The second-order valence-electron chi connectivity index (χ2n) is 6.00. The topological polar surface area (TPSA) is 76.8 Å². The van der Waals surface area contributed by atoms with Gasteiger partial charge >= 0.3 is 6.03 Å². The summed E-state index contributed by atoms with van der Waals surface area (Å²) in [6.07, 6.45) is 7.13. The van der Waals surface area contributed by atoms with Crippen LogP contribution in [0.2, 0.25) is 0 Å². The molecule has 2 rings (SSSR count). The summed E-state index contributed by atoms with van der Waals surface area (Å²) in [5.41, 5.74) is 0.678. The molecule has 22 heavy (non-hydrogen) atoms. The van der Waals surface area contributed by atoms with Crippen molar-refractivity contribution in [3.8, 4) is 0 Å². The van der Waals surface area contributed by atoms with Gasteiger partial charge in [-0.1, -0.05) is 13.8 Å². The van der Waals surface area contributed by atoms with Gasteiger partial charge in [0.15, 0.2) is 0 Å². The predicted octanol–water partition coefficient (Wildman–Crippen LogP) is 2.64. The van der Waals surface area contributed by atoms with Gasteiger partial charge in [-0.15, -0.1) is 0 Å². The Morgan fingerprint density at radius 3 is 2.73 bits per heavy atom. The number of nitrogens with one attached hydrogen (secondary N) is 2. The van der Waals surface area contributed by atoms with E-state index in [-0.39, 0.29) is 12.1 Å². The molecule has 7 nitrogen and oxygen atoms in total. The summed E-state index contributed by atoms with van der Waals surface area (Å²) in [6, 6.07) is 0.00419. The lowest BCUT2D eigenvalue weighted by Gasteiger charge is -2.11. The first-order valence-corrected chi connectivity index (χ1v) is 7.54. The highest BCUT2D eigenvalue weighted by Crippen LogP contribution is 2.09. The summed E-state index contributed by atoms with van der Waals surface area (Å²) in [4.78, 5) is 16.2. The van der Waals surface area contributed by atoms with E-state index in [1.807, 2.05) is 26.2 Å². The number of rotatable bonds is 6. The molecule has 0 fully saturated rings. The van der Waals surface area contributed by atoms with Crippen LogP contribution < -0.4 is 10.6 Å². The zero-order valence-corrected chi connectivity index (χ0v) is 13.6. The van der Waals surface area contributed by atoms with E-state index >= 15 is 0 Å². The normalized spacial score (nSPS) is 11.2. The fourth-order valence-electron chi connectivity index (χ4n) is 2.09. The van der Waals surface area contributed by atoms with E-state index in [9.17, 15) is 4.79 Å². The van der Waals surface area contributed by atoms with Crippen molar-refractivity contribution < 1.29 is 4.79 Å². The summed E-state index contributed by atoms with van der Waals surface area (Å²) in [5.74, 6) is 1.38. The molecule has 0 spiro atoms. The molecular weight excluding hydrogens is 280 g/mol. The van der Waals surface area contributed by atoms with Gasteiger partial charge in [0, 0.05) is 31.2 Å². The molecule has 2 N–H and O–H groups in total. The minimum absolute atomic E-state index is 0.262. The number of nitrogens with zero attached hydrogens (tertiary/aromatic N) is 4. The summed E-state index contributed by atoms with van der Waals surface area (Å²) >= 11 is 0. The second-order valence-corrected chi connectivity index (χ2v) is 6.00. The minimum atomic E-state index is -0.262. The average Bonchev–Trinajstić information content (AvgIpc) is 3.05. The Bertz CT molecular complexity index is 613. The van der Waals surface area contributed by atoms with E-state index in [2.05, 4.69) is 39.1 Å². The van der Waals surface area contributed by atoms with E-state index in [4.69, 9.17) is 0 Å². The smallest absolute Gasteiger partial charge is 0.319 e. The number of amides is 2. The monoisotopic (exact) mass is 304 g/mol. The molecule has 0 unspecified atom stereocenters. The van der Waals surface area contributed by atoms with Gasteiger partial charge in [-0.3, -0.25) is 4.68 Å². The van der Waals surface area contributed by atoms with Crippen LogP contribution in [-0.4, -0.2) is 25.4 Å². The molecular formula is C15H24N6O. The number of hydrogen-bond donors (Lipinski definition) is 2. The van der Waals surface area contributed by atoms with Crippen LogP contribution in [-0.2, 0) is 13.1 Å². The first-order valence-electron chi connectivity index (χ1n) is 7.54. The molecule has 7 heteroatoms. The van der Waals surface area contributed by atoms with Crippen molar-refractivity contribution in [2.24, 2.45) is 5.92 Å². The zero-order chi connectivity index (χ0) is 16.1. The van der Waals surface area contributed by atoms with Crippen LogP contribution in [0.4, 0.5) is 10.5 Å². The highest BCUT2D eigenvalue weighted by Gasteiger charge is 2.08. The molecule has 0 aliphatic heterocycles. The maximum atomic E-state index is 11.9. The van der Waals surface area contributed by atoms with Crippen molar-refractivity contribution in [3.05, 3.63) is 30.6 Å². The van der Waals surface area contributed by atoms with E-state index in [0.29, 0.717) is 18.2 Å². The minimum Gasteiger partial charge on any atom is -0.333 e. The molecule has 0 saturated heterocycles. The van der Waals surface area contributed by atoms with Crippen LogP contribution in [0.1, 0.15) is 39.6 Å². The zero-order valence-electron chi connectivity index (χ0n) is 13.6. The number of urea groups is 1. The quantitative estimate of drug-likeness (QED) is 0.861. The average molecular weight is 304 g/mol. The molecule has 0 aromatic carbocycles. The third-order valence-electron chi connectivity index (χ3n) is 3.16. The Labute approximate surface area is 130 Å². The van der Waals surface area contributed by atoms with Crippen molar-refractivity contribution in [1.82, 2.24) is 24.6 Å². The van der Waals surface area contributed by atoms with Crippen molar-refractivity contribution in [2.45, 2.75) is 46.8 Å². The van der Waals surface area contributed by atoms with Gasteiger partial charge < -0.3 is 15.2 Å². The SMILES string of the molecule is CC(C)Cn1ccnc1CNC(=O)Nc1cnn(C(C)C)c1. The van der Waals surface area contributed by atoms with Crippen molar-refractivity contribution in [3.63, 3.8) is 0 Å². The van der Waals surface area contributed by atoms with E-state index in [0.717, 1.165) is 12.4 Å². The maximum absolute atomic E-state index is 11.9. The highest BCUT2D eigenvalue weighted by atomic mass is 16.2. The fourth-order valence-corrected chi connectivity index (χ4v) is 2.09. The standard InChI is InChI=1S/C15H24N6O/c1-11(2)9-20-6-5-16-14(20)8-17-15(22)19-13-7-18-21(10-13)12(3)4/h5-7,10-12H,8-9H2,1-4H3,(H2,17,19,22). The third kappa shape index (κ3) is 4.34. The van der Waals surface area contributed by atoms with Gasteiger partial charge in [-0.25, -0.2) is 9.78 Å². The van der Waals surface area contributed by atoms with E-state index < -0.39 is 0 Å². The number of carbonyl (C=O) groups excluding carboxylic acids is 1. The Kier molecular flexibility index (Phi) is 5.19. The van der Waals surface area contributed by atoms with Crippen LogP contribution in [0.5, 0.6) is 0 Å². The number of anilines is 1. The molecule has 0 atom stereocenters. The lowest BCUT2D eigenvalue weighted by atomic mass is 10.2. The first kappa shape index (κ1) is 16.1. The Morgan fingerprint density at radius 2 is 2.09 bits per heavy atom. The van der Waals surface area contributed by atoms with Gasteiger partial charge in [0.1, 0.15) is 5.82 Å². The summed E-state index contributed by atoms with van der Waals surface area (Å²) < 4.78 is 3.85. The predicted molar refractivity (Wildman–Crippen MR) is 85.5 cm³/mol. The second kappa shape index (κ2) is 7.11. The number of imidazole rings is 1. The lowest BCUT2D eigenvalue weighted by molar-refractivity contribution is 0.251. The maximum Gasteiger partial charge on any atom is 0.319 e. The van der Waals surface area contributed by atoms with E-state index in [1.165, 1.54) is 0 Å². The highest BCUT2D eigenvalue weighted by molar-refractivity contribution is 5.88. The summed E-state index contributed by atoms with van der Waals surface area (Å²) in [6.45, 7) is 9.65. The van der Waals surface area contributed by atoms with Gasteiger partial charge in [0.2, 0.25) is 0 Å². The largest absolute Gasteiger partial charge is 0.333 e. The number of aromatic nitrogens is 4. The van der Waals surface area contributed by atoms with Crippen LogP contribution in [0, 0.1) is 5.92 Å². The molecule has 0 saturated carbocycles. The summed E-state index contributed by atoms with van der Waals surface area (Å²) in [7, 11) is 0. The van der Waals surface area contributed by atoms with Gasteiger partial charge in [-0.05, 0) is 19.8 Å². The van der Waals surface area contributed by atoms with Crippen LogP contribution in [0.3, 0.4) is 0 Å². The molecule has 2 amide bonds. The molecule has 2 aromatic heterocycles. The van der Waals surface area contributed by atoms with Crippen LogP contribution in [0.15, 0.2) is 24.8 Å². The first-order chi connectivity index (χ1) is 10.5. The van der Waals surface area contributed by atoms with Crippen molar-refractivity contribution in [1.29, 1.82) is 0 Å². The molecule has 0 aliphatic carbocycles. The number of hydrogen-bond acceptors (Lipinski definition) is 3. The summed E-state index contributed by atoms with van der Waals surface area (Å²) in [5, 5.41) is 9.77.